The quantitative estimate of drug-likeness (QED) is 0.654. The number of nitriles is 1. The van der Waals surface area contributed by atoms with Crippen LogP contribution in [0.4, 0.5) is 8.78 Å². The Labute approximate surface area is 72.6 Å². The Morgan fingerprint density at radius 3 is 2.77 bits per heavy atom. The van der Waals surface area contributed by atoms with E-state index in [2.05, 4.69) is 4.98 Å². The van der Waals surface area contributed by atoms with Crippen LogP contribution in [0.25, 0.3) is 0 Å². The maximum atomic E-state index is 12.1. The van der Waals surface area contributed by atoms with Gasteiger partial charge in [-0.2, -0.15) is 5.26 Å². The molecule has 66 valence electrons. The standard InChI is InChI=1S/C8H4F2N2O/c9-8(10)7-6(4-13)1-5(2-11)3-12-7/h1,3-4,8H. The highest BCUT2D eigenvalue weighted by Crippen LogP contribution is 2.19. The van der Waals surface area contributed by atoms with Crippen LogP contribution in [-0.2, 0) is 0 Å². The van der Waals surface area contributed by atoms with Gasteiger partial charge in [0.15, 0.2) is 6.29 Å². The van der Waals surface area contributed by atoms with Crippen molar-refractivity contribution in [3.05, 3.63) is 29.1 Å². The van der Waals surface area contributed by atoms with Gasteiger partial charge in [0.2, 0.25) is 0 Å². The maximum absolute atomic E-state index is 12.1. The van der Waals surface area contributed by atoms with Gasteiger partial charge in [-0.25, -0.2) is 8.78 Å². The van der Waals surface area contributed by atoms with Crippen molar-refractivity contribution in [3.63, 3.8) is 0 Å². The molecule has 5 heteroatoms. The normalized spacial score (nSPS) is 9.69. The van der Waals surface area contributed by atoms with Gasteiger partial charge >= 0.3 is 0 Å². The molecule has 1 aromatic rings. The third-order valence-corrected chi connectivity index (χ3v) is 1.41. The number of hydrogen-bond acceptors (Lipinski definition) is 3. The van der Waals surface area contributed by atoms with Crippen molar-refractivity contribution in [1.82, 2.24) is 4.98 Å². The molecule has 0 spiro atoms. The van der Waals surface area contributed by atoms with E-state index in [1.54, 1.807) is 6.07 Å². The lowest BCUT2D eigenvalue weighted by Crippen LogP contribution is -1.98. The lowest BCUT2D eigenvalue weighted by Gasteiger charge is -2.01. The molecule has 0 aliphatic rings. The van der Waals surface area contributed by atoms with E-state index in [4.69, 9.17) is 5.26 Å². The Morgan fingerprint density at radius 2 is 2.31 bits per heavy atom. The van der Waals surface area contributed by atoms with E-state index in [1.807, 2.05) is 0 Å². The van der Waals surface area contributed by atoms with Crippen LogP contribution in [0.5, 0.6) is 0 Å². The summed E-state index contributed by atoms with van der Waals surface area (Å²) in [5.74, 6) is 0. The molecule has 3 nitrogen and oxygen atoms in total. The van der Waals surface area contributed by atoms with E-state index in [1.165, 1.54) is 0 Å². The second-order valence-corrected chi connectivity index (χ2v) is 2.23. The predicted octanol–water partition coefficient (Wildman–Crippen LogP) is 1.70. The number of aldehydes is 1. The van der Waals surface area contributed by atoms with Crippen LogP contribution < -0.4 is 0 Å². The summed E-state index contributed by atoms with van der Waals surface area (Å²) in [6.07, 6.45) is -1.53. The summed E-state index contributed by atoms with van der Waals surface area (Å²) in [7, 11) is 0. The van der Waals surface area contributed by atoms with E-state index < -0.39 is 12.1 Å². The summed E-state index contributed by atoms with van der Waals surface area (Å²) in [6.45, 7) is 0. The largest absolute Gasteiger partial charge is 0.298 e. The van der Waals surface area contributed by atoms with Gasteiger partial charge < -0.3 is 0 Å². The van der Waals surface area contributed by atoms with Gasteiger partial charge in [0, 0.05) is 11.8 Å². The Bertz CT molecular complexity index is 371. The highest BCUT2D eigenvalue weighted by molar-refractivity contribution is 5.77. The minimum Gasteiger partial charge on any atom is -0.298 e. The van der Waals surface area contributed by atoms with Crippen molar-refractivity contribution in [2.24, 2.45) is 0 Å². The lowest BCUT2D eigenvalue weighted by atomic mass is 10.1. The molecule has 0 saturated heterocycles. The number of rotatable bonds is 2. The van der Waals surface area contributed by atoms with Crippen LogP contribution in [0.1, 0.15) is 28.0 Å². The summed E-state index contributed by atoms with van der Waals surface area (Å²) >= 11 is 0. The zero-order valence-corrected chi connectivity index (χ0v) is 6.37. The minimum atomic E-state index is -2.80. The monoisotopic (exact) mass is 182 g/mol. The van der Waals surface area contributed by atoms with Gasteiger partial charge in [0.25, 0.3) is 6.43 Å². The number of nitrogens with zero attached hydrogens (tertiary/aromatic N) is 2. The zero-order valence-electron chi connectivity index (χ0n) is 6.37. The summed E-state index contributed by atoms with van der Waals surface area (Å²) in [5, 5.41) is 8.39. The number of aromatic nitrogens is 1. The predicted molar refractivity (Wildman–Crippen MR) is 39.3 cm³/mol. The van der Waals surface area contributed by atoms with Gasteiger partial charge in [-0.05, 0) is 6.07 Å². The van der Waals surface area contributed by atoms with Crippen molar-refractivity contribution >= 4 is 6.29 Å². The summed E-state index contributed by atoms with van der Waals surface area (Å²) < 4.78 is 24.3. The second kappa shape index (κ2) is 3.72. The molecule has 1 rings (SSSR count). The first-order chi connectivity index (χ1) is 6.19. The highest BCUT2D eigenvalue weighted by Gasteiger charge is 2.14. The van der Waals surface area contributed by atoms with E-state index >= 15 is 0 Å². The molecule has 0 bridgehead atoms. The first-order valence-electron chi connectivity index (χ1n) is 3.32. The van der Waals surface area contributed by atoms with Crippen molar-refractivity contribution in [3.8, 4) is 6.07 Å². The van der Waals surface area contributed by atoms with Gasteiger partial charge in [0.05, 0.1) is 5.56 Å². The number of carbonyl (C=O) groups is 1. The first-order valence-corrected chi connectivity index (χ1v) is 3.32. The van der Waals surface area contributed by atoms with Crippen molar-refractivity contribution < 1.29 is 13.6 Å². The summed E-state index contributed by atoms with van der Waals surface area (Å²) in [6, 6.07) is 2.79. The minimum absolute atomic E-state index is 0.0894. The van der Waals surface area contributed by atoms with Crippen molar-refractivity contribution in [2.75, 3.05) is 0 Å². The number of pyridine rings is 1. The Morgan fingerprint density at radius 1 is 1.62 bits per heavy atom. The van der Waals surface area contributed by atoms with Gasteiger partial charge in [-0.1, -0.05) is 0 Å². The summed E-state index contributed by atoms with van der Waals surface area (Å²) in [5.41, 5.74) is -0.741. The van der Waals surface area contributed by atoms with Gasteiger partial charge in [-0.15, -0.1) is 0 Å². The highest BCUT2D eigenvalue weighted by atomic mass is 19.3. The Kier molecular flexibility index (Phi) is 2.65. The van der Waals surface area contributed by atoms with Gasteiger partial charge in [0.1, 0.15) is 11.8 Å². The van der Waals surface area contributed by atoms with Crippen LogP contribution in [-0.4, -0.2) is 11.3 Å². The summed E-state index contributed by atoms with van der Waals surface area (Å²) in [4.78, 5) is 13.6. The van der Waals surface area contributed by atoms with Crippen LogP contribution in [0.15, 0.2) is 12.3 Å². The molecule has 0 aliphatic heterocycles. The molecular weight excluding hydrogens is 178 g/mol. The fraction of sp³-hybridized carbons (Fsp3) is 0.125. The number of carbonyl (C=O) groups excluding carboxylic acids is 1. The molecule has 1 heterocycles. The van der Waals surface area contributed by atoms with E-state index in [0.717, 1.165) is 12.3 Å². The topological polar surface area (TPSA) is 53.8 Å². The van der Waals surface area contributed by atoms with Crippen molar-refractivity contribution in [2.45, 2.75) is 6.43 Å². The molecule has 1 aromatic heterocycles. The van der Waals surface area contributed by atoms with Gasteiger partial charge in [-0.3, -0.25) is 9.78 Å². The molecule has 13 heavy (non-hydrogen) atoms. The van der Waals surface area contributed by atoms with Crippen LogP contribution in [0.3, 0.4) is 0 Å². The van der Waals surface area contributed by atoms with E-state index in [-0.39, 0.29) is 17.4 Å². The maximum Gasteiger partial charge on any atom is 0.281 e. The third-order valence-electron chi connectivity index (χ3n) is 1.41. The van der Waals surface area contributed by atoms with Crippen LogP contribution in [0.2, 0.25) is 0 Å². The average Bonchev–Trinajstić information content (AvgIpc) is 2.16. The molecule has 0 aromatic carbocycles. The molecule has 0 radical (unpaired) electrons. The Hall–Kier alpha value is -1.83. The molecule has 0 saturated carbocycles. The number of alkyl halides is 2. The van der Waals surface area contributed by atoms with Crippen molar-refractivity contribution in [1.29, 1.82) is 5.26 Å². The van der Waals surface area contributed by atoms with E-state index in [9.17, 15) is 13.6 Å². The van der Waals surface area contributed by atoms with E-state index in [0.29, 0.717) is 0 Å². The number of halogens is 2. The molecule has 0 N–H and O–H groups in total. The fourth-order valence-corrected chi connectivity index (χ4v) is 0.830. The van der Waals surface area contributed by atoms with Crippen LogP contribution >= 0.6 is 0 Å². The molecule has 0 aliphatic carbocycles. The molecule has 0 atom stereocenters. The third kappa shape index (κ3) is 1.85. The fourth-order valence-electron chi connectivity index (χ4n) is 0.830. The SMILES string of the molecule is N#Cc1cnc(C(F)F)c(C=O)c1. The Balaban J connectivity index is 3.25. The smallest absolute Gasteiger partial charge is 0.281 e. The zero-order chi connectivity index (χ0) is 9.84. The molecule has 0 amide bonds. The second-order valence-electron chi connectivity index (χ2n) is 2.23. The number of hydrogen-bond donors (Lipinski definition) is 0. The first kappa shape index (κ1) is 9.26. The molecular formula is C8H4F2N2O. The molecule has 0 unspecified atom stereocenters. The molecule has 0 fully saturated rings. The van der Waals surface area contributed by atoms with Crippen LogP contribution in [0, 0.1) is 11.3 Å². The lowest BCUT2D eigenvalue weighted by molar-refractivity contribution is 0.110. The average molecular weight is 182 g/mol.